The zero-order valence-corrected chi connectivity index (χ0v) is 15.2. The van der Waals surface area contributed by atoms with E-state index >= 15 is 0 Å². The number of carbonyl (C=O) groups is 1. The molecule has 1 aliphatic heterocycles. The van der Waals surface area contributed by atoms with Crippen molar-refractivity contribution in [3.63, 3.8) is 0 Å². The Morgan fingerprint density at radius 2 is 1.92 bits per heavy atom. The largest absolute Gasteiger partial charge is 0.486 e. The molecule has 0 aliphatic carbocycles. The van der Waals surface area contributed by atoms with Crippen LogP contribution in [0.2, 0.25) is 0 Å². The second kappa shape index (κ2) is 7.21. The van der Waals surface area contributed by atoms with Gasteiger partial charge in [0.2, 0.25) is 0 Å². The number of benzene rings is 1. The molecule has 6 heteroatoms. The minimum Gasteiger partial charge on any atom is -0.486 e. The predicted octanol–water partition coefficient (Wildman–Crippen LogP) is 3.74. The summed E-state index contributed by atoms with van der Waals surface area (Å²) in [7, 11) is 0. The Bertz CT molecular complexity index is 749. The maximum absolute atomic E-state index is 12.5. The number of nitrogens with zero attached hydrogens (tertiary/aromatic N) is 1. The molecule has 1 N–H and O–H groups in total. The molecule has 1 amide bonds. The lowest BCUT2D eigenvalue weighted by atomic mass is 9.95. The molecular formula is C18H19BrN2O3. The van der Waals surface area contributed by atoms with Crippen LogP contribution in [0.3, 0.4) is 0 Å². The first kappa shape index (κ1) is 16.8. The molecule has 0 bridgehead atoms. The van der Waals surface area contributed by atoms with E-state index in [0.29, 0.717) is 18.8 Å². The van der Waals surface area contributed by atoms with E-state index in [2.05, 4.69) is 40.1 Å². The van der Waals surface area contributed by atoms with Crippen LogP contribution in [0.25, 0.3) is 0 Å². The van der Waals surface area contributed by atoms with Crippen LogP contribution >= 0.6 is 15.9 Å². The van der Waals surface area contributed by atoms with Gasteiger partial charge in [0, 0.05) is 16.9 Å². The van der Waals surface area contributed by atoms with Crippen molar-refractivity contribution < 1.29 is 14.3 Å². The molecule has 5 nitrogen and oxygen atoms in total. The zero-order valence-electron chi connectivity index (χ0n) is 13.6. The summed E-state index contributed by atoms with van der Waals surface area (Å²) in [5.74, 6) is 1.53. The van der Waals surface area contributed by atoms with Gasteiger partial charge in [0.25, 0.3) is 5.91 Å². The van der Waals surface area contributed by atoms with Gasteiger partial charge in [0.05, 0.1) is 11.6 Å². The lowest BCUT2D eigenvalue weighted by Crippen LogP contribution is -2.32. The number of hydrogen-bond acceptors (Lipinski definition) is 4. The first-order valence-corrected chi connectivity index (χ1v) is 8.65. The third-order valence-corrected chi connectivity index (χ3v) is 4.28. The van der Waals surface area contributed by atoms with Crippen LogP contribution in [0, 0.1) is 5.92 Å². The number of amides is 1. The molecule has 0 fully saturated rings. The van der Waals surface area contributed by atoms with E-state index < -0.39 is 0 Å². The van der Waals surface area contributed by atoms with E-state index in [1.165, 1.54) is 0 Å². The van der Waals surface area contributed by atoms with E-state index in [-0.39, 0.29) is 17.9 Å². The van der Waals surface area contributed by atoms with E-state index in [1.807, 2.05) is 18.2 Å². The van der Waals surface area contributed by atoms with Crippen molar-refractivity contribution in [2.24, 2.45) is 5.92 Å². The number of halogens is 1. The van der Waals surface area contributed by atoms with Gasteiger partial charge in [0.15, 0.2) is 11.5 Å². The highest BCUT2D eigenvalue weighted by atomic mass is 79.9. The molecule has 2 heterocycles. The van der Waals surface area contributed by atoms with Gasteiger partial charge < -0.3 is 14.8 Å². The van der Waals surface area contributed by atoms with Crippen LogP contribution in [-0.2, 0) is 0 Å². The maximum atomic E-state index is 12.5. The third kappa shape index (κ3) is 3.70. The Balaban J connectivity index is 1.83. The molecular weight excluding hydrogens is 372 g/mol. The average molecular weight is 391 g/mol. The molecule has 1 aromatic heterocycles. The highest BCUT2D eigenvalue weighted by molar-refractivity contribution is 9.10. The van der Waals surface area contributed by atoms with Crippen molar-refractivity contribution in [2.75, 3.05) is 13.2 Å². The lowest BCUT2D eigenvalue weighted by molar-refractivity contribution is 0.0925. The molecule has 126 valence electrons. The number of carbonyl (C=O) groups excluding carboxylic acids is 1. The van der Waals surface area contributed by atoms with Crippen molar-refractivity contribution in [1.82, 2.24) is 10.3 Å². The van der Waals surface area contributed by atoms with E-state index in [1.54, 1.807) is 18.5 Å². The lowest BCUT2D eigenvalue weighted by Gasteiger charge is -2.25. The molecule has 2 aromatic rings. The molecule has 1 atom stereocenters. The van der Waals surface area contributed by atoms with Crippen molar-refractivity contribution in [2.45, 2.75) is 19.9 Å². The average Bonchev–Trinajstić information content (AvgIpc) is 2.58. The van der Waals surface area contributed by atoms with Gasteiger partial charge in [-0.25, -0.2) is 0 Å². The Morgan fingerprint density at radius 1 is 1.17 bits per heavy atom. The number of pyridine rings is 1. The van der Waals surface area contributed by atoms with Gasteiger partial charge in [-0.1, -0.05) is 19.9 Å². The summed E-state index contributed by atoms with van der Waals surface area (Å²) in [6.07, 6.45) is 3.21. The van der Waals surface area contributed by atoms with Crippen molar-refractivity contribution in [3.8, 4) is 11.5 Å². The van der Waals surface area contributed by atoms with Gasteiger partial charge in [-0.05, 0) is 45.6 Å². The molecule has 0 saturated carbocycles. The van der Waals surface area contributed by atoms with Crippen LogP contribution in [0.1, 0.15) is 35.8 Å². The Kier molecular flexibility index (Phi) is 5.04. The smallest absolute Gasteiger partial charge is 0.253 e. The van der Waals surface area contributed by atoms with E-state index in [0.717, 1.165) is 21.5 Å². The molecule has 1 aromatic carbocycles. The summed E-state index contributed by atoms with van der Waals surface area (Å²) >= 11 is 3.34. The number of ether oxygens (including phenoxy) is 2. The van der Waals surface area contributed by atoms with E-state index in [4.69, 9.17) is 9.47 Å². The fourth-order valence-corrected chi connectivity index (χ4v) is 3.01. The summed E-state index contributed by atoms with van der Waals surface area (Å²) in [5, 5.41) is 3.09. The topological polar surface area (TPSA) is 60.5 Å². The highest BCUT2D eigenvalue weighted by Gasteiger charge is 2.22. The normalized spacial score (nSPS) is 14.3. The Morgan fingerprint density at radius 3 is 2.62 bits per heavy atom. The molecule has 0 radical (unpaired) electrons. The zero-order chi connectivity index (χ0) is 17.1. The maximum Gasteiger partial charge on any atom is 0.253 e. The summed E-state index contributed by atoms with van der Waals surface area (Å²) < 4.78 is 12.0. The Labute approximate surface area is 149 Å². The second-order valence-electron chi connectivity index (χ2n) is 5.99. The number of hydrogen-bond donors (Lipinski definition) is 1. The van der Waals surface area contributed by atoms with Crippen LogP contribution < -0.4 is 14.8 Å². The van der Waals surface area contributed by atoms with Crippen LogP contribution in [-0.4, -0.2) is 24.1 Å². The molecule has 0 saturated heterocycles. The Hall–Kier alpha value is -2.08. The summed E-state index contributed by atoms with van der Waals surface area (Å²) in [4.78, 5) is 16.6. The van der Waals surface area contributed by atoms with Crippen LogP contribution in [0.5, 0.6) is 11.5 Å². The number of aromatic nitrogens is 1. The molecule has 3 rings (SSSR count). The molecule has 24 heavy (non-hydrogen) atoms. The number of fused-ring (bicyclic) bond motifs is 1. The van der Waals surface area contributed by atoms with Crippen molar-refractivity contribution >= 4 is 21.8 Å². The fraction of sp³-hybridized carbons (Fsp3) is 0.333. The van der Waals surface area contributed by atoms with Crippen LogP contribution in [0.4, 0.5) is 0 Å². The van der Waals surface area contributed by atoms with Crippen molar-refractivity contribution in [1.29, 1.82) is 0 Å². The highest BCUT2D eigenvalue weighted by Crippen LogP contribution is 2.34. The van der Waals surface area contributed by atoms with Gasteiger partial charge >= 0.3 is 0 Å². The van der Waals surface area contributed by atoms with Gasteiger partial charge in [-0.3, -0.25) is 9.78 Å². The predicted molar refractivity (Wildman–Crippen MR) is 94.4 cm³/mol. The van der Waals surface area contributed by atoms with Crippen molar-refractivity contribution in [3.05, 3.63) is 52.3 Å². The molecule has 1 aliphatic rings. The molecule has 0 unspecified atom stereocenters. The van der Waals surface area contributed by atoms with E-state index in [9.17, 15) is 4.79 Å². The summed E-state index contributed by atoms with van der Waals surface area (Å²) in [5.41, 5.74) is 1.51. The number of rotatable bonds is 4. The minimum absolute atomic E-state index is 0.132. The second-order valence-corrected chi connectivity index (χ2v) is 6.91. The number of nitrogens with one attached hydrogen (secondary N) is 1. The molecule has 0 spiro atoms. The quantitative estimate of drug-likeness (QED) is 0.863. The SMILES string of the molecule is CC(C)[C@@H](NC(=O)c1cncc(Br)c1)c1ccc2c(c1)OCCO2. The summed E-state index contributed by atoms with van der Waals surface area (Å²) in [6, 6.07) is 7.43. The monoisotopic (exact) mass is 390 g/mol. The van der Waals surface area contributed by atoms with Crippen LogP contribution in [0.15, 0.2) is 41.1 Å². The van der Waals surface area contributed by atoms with Gasteiger partial charge in [-0.15, -0.1) is 0 Å². The van der Waals surface area contributed by atoms with Gasteiger partial charge in [0.1, 0.15) is 13.2 Å². The van der Waals surface area contributed by atoms with Gasteiger partial charge in [-0.2, -0.15) is 0 Å². The first-order valence-electron chi connectivity index (χ1n) is 7.85. The third-order valence-electron chi connectivity index (χ3n) is 3.85. The minimum atomic E-state index is -0.155. The fourth-order valence-electron chi connectivity index (χ4n) is 2.65. The standard InChI is InChI=1S/C18H19BrN2O3/c1-11(2)17(21-18(22)13-7-14(19)10-20-9-13)12-3-4-15-16(8-12)24-6-5-23-15/h3-4,7-11,17H,5-6H2,1-2H3,(H,21,22)/t17-/m1/s1. The first-order chi connectivity index (χ1) is 11.5. The summed E-state index contributed by atoms with van der Waals surface area (Å²) in [6.45, 7) is 5.24.